The lowest BCUT2D eigenvalue weighted by Gasteiger charge is -2.16. The van der Waals surface area contributed by atoms with Gasteiger partial charge < -0.3 is 62.7 Å². The van der Waals surface area contributed by atoms with E-state index in [0.29, 0.717) is 92.5 Å². The van der Waals surface area contributed by atoms with E-state index in [1.54, 1.807) is 67.6 Å². The molecule has 0 saturated heterocycles. The fraction of sp³-hybridized carbons (Fsp3) is 0.237. The number of aromatic nitrogens is 5. The third kappa shape index (κ3) is 20.3. The zero-order chi connectivity index (χ0) is 101. The van der Waals surface area contributed by atoms with Crippen LogP contribution in [0.15, 0.2) is 296 Å². The molecular formula is C118H101Cl2FN8O18S. The van der Waals surface area contributed by atoms with Gasteiger partial charge in [0.1, 0.15) is 40.6 Å². The Labute approximate surface area is 864 Å². The number of halogens is 3. The molecule has 30 heteroatoms. The maximum absolute atomic E-state index is 14.1. The molecule has 0 atom stereocenters. The molecule has 15 aromatic rings. The molecular weight excluding hydrogens is 1940 g/mol. The first-order valence-corrected chi connectivity index (χ1v) is 51.4. The van der Waals surface area contributed by atoms with Crippen molar-refractivity contribution in [3.8, 4) is 119 Å². The predicted octanol–water partition coefficient (Wildman–Crippen LogP) is 22.5. The molecule has 148 heavy (non-hydrogen) atoms. The van der Waals surface area contributed by atoms with E-state index in [9.17, 15) is 36.8 Å². The van der Waals surface area contributed by atoms with Crippen LogP contribution >= 0.6 is 23.2 Å². The average Bonchev–Trinajstić information content (AvgIpc) is 1.61. The van der Waals surface area contributed by atoms with Crippen molar-refractivity contribution in [3.63, 3.8) is 0 Å². The molecule has 5 aliphatic carbocycles. The standard InChI is InChI=1S/C25H24N2O5S.C25H21NO4.C23H19ClN2O3.C23H18FNO3.C22H17ClN2O3.H2/c1-2-26-33(29,30)20-9-6-17(7-10-20)21-5-3-4-19(27-21)15-24(28)25(12-13-25)18-8-11-22-23(14-18)32-16-31-22;27-24(25(8-9-25)19-3-6-22-23(12-19)30-15-29-22)13-20-4-1-18(14-26-20)16-2-5-21-17(11-16)7-10-28-21;1-14-11-15(5-7-17(14)24)18-3-2-4-21(25-18)26-22(27)23(9-10-23)16-6-8-19-20(12-16)29-13-28-19;24-18-6-2-1-5-17(18)19-7-3-4-16(25-19)13-22(26)23(10-11-23)15-8-9-20-21(12-15)28-14-27-20;23-16-7-4-14(5-8-16)17-2-1-3-20(24-17)25-21(26)22(10-11-22)15-6-9-18-19(12-15)28-13-27-18;/h3-11,14,26H,2,12-13,15-16H2,1H3;1-6,11-12,14H,7-10,13,15H2;2-8,11-12H,9-10,13H2,1H3,(H,25,26,27);1-9,12H,10-11,13-14H2;1-9,12H,10-11,13H2,(H,24,25,26);1H. The van der Waals surface area contributed by atoms with Gasteiger partial charge in [-0.15, -0.1) is 0 Å². The average molecular weight is 2040 g/mol. The summed E-state index contributed by atoms with van der Waals surface area (Å²) >= 11 is 12.1. The molecule has 0 spiro atoms. The van der Waals surface area contributed by atoms with E-state index in [-0.39, 0.29) is 88.1 Å². The van der Waals surface area contributed by atoms with Crippen LogP contribution in [0.4, 0.5) is 16.0 Å². The Kier molecular flexibility index (Phi) is 26.5. The molecule has 5 saturated carbocycles. The molecule has 0 bridgehead atoms. The first kappa shape index (κ1) is 96.9. The summed E-state index contributed by atoms with van der Waals surface area (Å²) in [7, 11) is -3.50. The van der Waals surface area contributed by atoms with Crippen molar-refractivity contribution in [3.05, 3.63) is 363 Å². The van der Waals surface area contributed by atoms with Gasteiger partial charge in [0.05, 0.1) is 61.4 Å². The van der Waals surface area contributed by atoms with Crippen LogP contribution in [-0.4, -0.2) is 110 Å². The summed E-state index contributed by atoms with van der Waals surface area (Å²) in [4.78, 5) is 88.9. The monoisotopic (exact) mass is 2040 g/mol. The zero-order valence-corrected chi connectivity index (χ0v) is 83.0. The minimum Gasteiger partial charge on any atom is -0.493 e. The van der Waals surface area contributed by atoms with Gasteiger partial charge in [-0.2, -0.15) is 0 Å². The number of hydrogen-bond acceptors (Lipinski definition) is 23. The number of pyridine rings is 5. The Morgan fingerprint density at radius 3 is 1.17 bits per heavy atom. The third-order valence-electron chi connectivity index (χ3n) is 28.9. The Morgan fingerprint density at radius 2 is 0.736 bits per heavy atom. The molecule has 11 aliphatic rings. The molecule has 0 unspecified atom stereocenters. The van der Waals surface area contributed by atoms with Crippen molar-refractivity contribution in [2.45, 2.75) is 136 Å². The van der Waals surface area contributed by atoms with E-state index < -0.39 is 37.1 Å². The van der Waals surface area contributed by atoms with Gasteiger partial charge in [-0.3, -0.25) is 38.9 Å². The van der Waals surface area contributed by atoms with Crippen LogP contribution in [0.1, 0.15) is 129 Å². The SMILES string of the molecule is CCNS(=O)(=O)c1ccc(-c2cccc(CC(=O)C3(c4ccc5c(c4)OCO5)CC3)n2)cc1.Cc1cc(-c2cccc(NC(=O)C3(c4ccc5c(c4)OCO5)CC3)n2)ccc1Cl.O=C(Cc1ccc(-c2ccc3c(c2)CCO3)cn1)C1(c2ccc3c(c2)OCO3)CC1.O=C(Cc1cccc(-c2ccccc2F)n1)C1(c2ccc3c(c2)OCO3)CC1.O=C(Nc1cccc(-c2ccc(Cl)cc2)n1)C1(c2ccc3c(c2)OCO3)CC1.[HH]. The van der Waals surface area contributed by atoms with Crippen molar-refractivity contribution in [1.29, 1.82) is 0 Å². The number of nitrogens with zero attached hydrogens (tertiary/aromatic N) is 5. The second-order valence-electron chi connectivity index (χ2n) is 38.2. The molecule has 6 aliphatic heterocycles. The molecule has 5 aromatic heterocycles. The number of aryl methyl sites for hydroxylation is 1. The first-order chi connectivity index (χ1) is 72.0. The molecule has 2 amide bonds. The van der Waals surface area contributed by atoms with Crippen molar-refractivity contribution in [2.75, 3.05) is 57.7 Å². The number of carbonyl (C=O) groups is 5. The van der Waals surface area contributed by atoms with Crippen molar-refractivity contribution in [1.82, 2.24) is 29.6 Å². The number of ketones is 3. The van der Waals surface area contributed by atoms with Gasteiger partial charge in [-0.05, 0) is 292 Å². The largest absolute Gasteiger partial charge is 0.493 e. The lowest BCUT2D eigenvalue weighted by molar-refractivity contribution is -0.121. The maximum Gasteiger partial charge on any atom is 0.240 e. The number of sulfonamides is 1. The first-order valence-electron chi connectivity index (χ1n) is 49.2. The summed E-state index contributed by atoms with van der Waals surface area (Å²) in [6.45, 7) is 5.88. The highest BCUT2D eigenvalue weighted by atomic mass is 35.5. The number of benzene rings is 10. The van der Waals surface area contributed by atoms with Gasteiger partial charge in [-0.1, -0.05) is 139 Å². The highest BCUT2D eigenvalue weighted by molar-refractivity contribution is 7.89. The third-order valence-corrected chi connectivity index (χ3v) is 31.1. The van der Waals surface area contributed by atoms with Gasteiger partial charge in [0, 0.05) is 94.8 Å². The van der Waals surface area contributed by atoms with Crippen molar-refractivity contribution < 1.29 is 90.3 Å². The number of ether oxygens (including phenoxy) is 11. The number of carbonyl (C=O) groups excluding carboxylic acids is 5. The molecule has 26 rings (SSSR count). The number of amides is 2. The molecule has 748 valence electrons. The minimum absolute atomic E-state index is 0. The Balaban J connectivity index is 0.000000109. The Bertz CT molecular complexity index is 7860. The topological polar surface area (TPSA) is 322 Å². The van der Waals surface area contributed by atoms with Gasteiger partial charge in [-0.25, -0.2) is 27.5 Å². The van der Waals surface area contributed by atoms with E-state index in [0.717, 1.165) is 189 Å². The molecule has 26 nitrogen and oxygen atoms in total. The summed E-state index contributed by atoms with van der Waals surface area (Å²) in [6.07, 6.45) is 11.8. The van der Waals surface area contributed by atoms with Gasteiger partial charge in [0.15, 0.2) is 57.5 Å². The van der Waals surface area contributed by atoms with E-state index in [2.05, 4.69) is 52.4 Å². The molecule has 5 fully saturated rings. The highest BCUT2D eigenvalue weighted by Crippen LogP contribution is 2.57. The van der Waals surface area contributed by atoms with Crippen molar-refractivity contribution >= 4 is 74.0 Å². The van der Waals surface area contributed by atoms with Crippen LogP contribution in [0.3, 0.4) is 0 Å². The molecule has 10 aromatic carbocycles. The summed E-state index contributed by atoms with van der Waals surface area (Å²) < 4.78 is 101. The zero-order valence-electron chi connectivity index (χ0n) is 80.7. The number of hydrogen-bond donors (Lipinski definition) is 3. The Morgan fingerprint density at radius 1 is 0.358 bits per heavy atom. The lowest BCUT2D eigenvalue weighted by Crippen LogP contribution is -2.28. The fourth-order valence-corrected chi connectivity index (χ4v) is 20.9. The van der Waals surface area contributed by atoms with Crippen LogP contribution in [0.25, 0.3) is 56.2 Å². The van der Waals surface area contributed by atoms with E-state index >= 15 is 0 Å². The quantitative estimate of drug-likeness (QED) is 0.0453. The van der Waals surface area contributed by atoms with Crippen molar-refractivity contribution in [2.24, 2.45) is 0 Å². The summed E-state index contributed by atoms with van der Waals surface area (Å²) in [5.74, 6) is 9.22. The summed E-state index contributed by atoms with van der Waals surface area (Å²) in [5.41, 5.74) is 14.9. The van der Waals surface area contributed by atoms with Gasteiger partial charge >= 0.3 is 0 Å². The normalized spacial score (nSPS) is 16.2. The number of nitrogens with one attached hydrogen (secondary N) is 3. The smallest absolute Gasteiger partial charge is 0.240 e. The van der Waals surface area contributed by atoms with E-state index in [1.807, 2.05) is 219 Å². The number of fused-ring (bicyclic) bond motifs is 6. The lowest BCUT2D eigenvalue weighted by atomic mass is 9.88. The highest BCUT2D eigenvalue weighted by Gasteiger charge is 2.56. The van der Waals surface area contributed by atoms with E-state index in [1.165, 1.54) is 11.6 Å². The van der Waals surface area contributed by atoms with Gasteiger partial charge in [0.25, 0.3) is 0 Å². The number of Topliss-reactive ketones (excluding diaryl/α,β-unsaturated/α-hetero) is 3. The van der Waals surface area contributed by atoms with Crippen LogP contribution < -0.4 is 67.5 Å². The number of rotatable bonds is 26. The van der Waals surface area contributed by atoms with Crippen LogP contribution in [0.5, 0.6) is 63.2 Å². The Hall–Kier alpha value is -15.9. The second kappa shape index (κ2) is 40.5. The molecule has 11 heterocycles. The number of anilines is 2. The predicted molar refractivity (Wildman–Crippen MR) is 556 cm³/mol. The maximum atomic E-state index is 14.1. The molecule has 0 radical (unpaired) electrons. The van der Waals surface area contributed by atoms with Crippen LogP contribution in [-0.2, 0) is 86.8 Å². The van der Waals surface area contributed by atoms with E-state index in [4.69, 9.17) is 75.3 Å². The van der Waals surface area contributed by atoms with Crippen LogP contribution in [0.2, 0.25) is 10.0 Å². The minimum atomic E-state index is -3.50. The van der Waals surface area contributed by atoms with Crippen LogP contribution in [0, 0.1) is 12.7 Å². The molecule has 3 N–H and O–H groups in total. The second-order valence-corrected chi connectivity index (χ2v) is 40.8. The fourth-order valence-electron chi connectivity index (χ4n) is 19.6. The van der Waals surface area contributed by atoms with Gasteiger partial charge in [0.2, 0.25) is 55.8 Å². The summed E-state index contributed by atoms with van der Waals surface area (Å²) in [6, 6.07) is 87.5. The summed E-state index contributed by atoms with van der Waals surface area (Å²) in [5, 5.41) is 7.38.